The van der Waals surface area contributed by atoms with E-state index in [1.54, 1.807) is 36.5 Å². The number of carbonyl (C=O) groups is 1. The maximum absolute atomic E-state index is 13.0. The van der Waals surface area contributed by atoms with Crippen LogP contribution in [0.1, 0.15) is 23.7 Å². The number of nitrogens with zero attached hydrogens (tertiary/aromatic N) is 2. The number of rotatable bonds is 4. The first-order valence-electron chi connectivity index (χ1n) is 8.17. The Balaban J connectivity index is 0.00000182. The molecule has 0 spiro atoms. The van der Waals surface area contributed by atoms with Crippen LogP contribution in [0.5, 0.6) is 0 Å². The monoisotopic (exact) mass is 450 g/mol. The fraction of sp³-hybridized carbons (Fsp3) is 0.333. The van der Waals surface area contributed by atoms with Gasteiger partial charge in [-0.25, -0.2) is 4.98 Å². The van der Waals surface area contributed by atoms with Gasteiger partial charge in [0.05, 0.1) is 15.6 Å². The van der Waals surface area contributed by atoms with Crippen LogP contribution < -0.4 is 11.1 Å². The van der Waals surface area contributed by atoms with Crippen LogP contribution in [0, 0.1) is 5.92 Å². The molecule has 0 saturated carbocycles. The average molecular weight is 452 g/mol. The van der Waals surface area contributed by atoms with Crippen molar-refractivity contribution in [1.82, 2.24) is 9.88 Å². The molecule has 9 heteroatoms. The summed E-state index contributed by atoms with van der Waals surface area (Å²) in [5.74, 6) is 0.801. The zero-order valence-corrected chi connectivity index (χ0v) is 17.8. The Morgan fingerprint density at radius 1 is 1.30 bits per heavy atom. The molecule has 1 aliphatic heterocycles. The molecule has 1 aromatic heterocycles. The number of nitrogens with one attached hydrogen (secondary N) is 1. The fourth-order valence-corrected chi connectivity index (χ4v) is 3.44. The second-order valence-corrected chi connectivity index (χ2v) is 7.11. The summed E-state index contributed by atoms with van der Waals surface area (Å²) in [6.07, 6.45) is 2.57. The van der Waals surface area contributed by atoms with Gasteiger partial charge < -0.3 is 16.0 Å². The number of anilines is 2. The molecule has 0 aliphatic carbocycles. The van der Waals surface area contributed by atoms with Crippen molar-refractivity contribution in [2.45, 2.75) is 19.4 Å². The normalized spacial score (nSPS) is 18.4. The number of hydrogen-bond acceptors (Lipinski definition) is 4. The zero-order chi connectivity index (χ0) is 18.0. The van der Waals surface area contributed by atoms with Crippen LogP contribution in [0.15, 0.2) is 36.5 Å². The van der Waals surface area contributed by atoms with Crippen LogP contribution in [0.25, 0.3) is 0 Å². The van der Waals surface area contributed by atoms with E-state index in [9.17, 15) is 4.79 Å². The summed E-state index contributed by atoms with van der Waals surface area (Å²) in [5, 5.41) is 4.07. The predicted molar refractivity (Wildman–Crippen MR) is 116 cm³/mol. The highest BCUT2D eigenvalue weighted by Gasteiger charge is 2.33. The highest BCUT2D eigenvalue weighted by atomic mass is 35.5. The van der Waals surface area contributed by atoms with Crippen LogP contribution >= 0.6 is 48.0 Å². The van der Waals surface area contributed by atoms with Gasteiger partial charge in [-0.1, -0.05) is 23.2 Å². The Morgan fingerprint density at radius 3 is 2.67 bits per heavy atom. The number of pyridine rings is 1. The van der Waals surface area contributed by atoms with Crippen molar-refractivity contribution < 1.29 is 4.79 Å². The second kappa shape index (κ2) is 10.3. The van der Waals surface area contributed by atoms with Gasteiger partial charge in [0.2, 0.25) is 0 Å². The number of benzene rings is 1. The smallest absolute Gasteiger partial charge is 0.257 e. The number of hydrogen-bond donors (Lipinski definition) is 2. The lowest BCUT2D eigenvalue weighted by molar-refractivity contribution is 0.0744. The Labute approximate surface area is 181 Å². The number of nitrogens with two attached hydrogens (primary N) is 1. The van der Waals surface area contributed by atoms with E-state index < -0.39 is 0 Å². The minimum Gasteiger partial charge on any atom is -0.340 e. The summed E-state index contributed by atoms with van der Waals surface area (Å²) in [6.45, 7) is 3.32. The molecule has 3 rings (SSSR count). The third-order valence-corrected chi connectivity index (χ3v) is 5.22. The van der Waals surface area contributed by atoms with Crippen molar-refractivity contribution in [3.8, 4) is 0 Å². The second-order valence-electron chi connectivity index (χ2n) is 6.30. The zero-order valence-electron chi connectivity index (χ0n) is 14.7. The minimum atomic E-state index is -0.0425. The minimum absolute atomic E-state index is 0. The van der Waals surface area contributed by atoms with E-state index in [4.69, 9.17) is 28.9 Å². The highest BCUT2D eigenvalue weighted by Crippen LogP contribution is 2.29. The number of aromatic nitrogens is 1. The summed E-state index contributed by atoms with van der Waals surface area (Å²) in [6, 6.07) is 8.89. The van der Waals surface area contributed by atoms with Gasteiger partial charge in [-0.3, -0.25) is 4.79 Å². The van der Waals surface area contributed by atoms with Crippen molar-refractivity contribution in [1.29, 1.82) is 0 Å². The first kappa shape index (κ1) is 23.8. The fourth-order valence-electron chi connectivity index (χ4n) is 3.14. The predicted octanol–water partition coefficient (Wildman–Crippen LogP) is 4.78. The van der Waals surface area contributed by atoms with Crippen molar-refractivity contribution in [2.75, 3.05) is 18.4 Å². The summed E-state index contributed by atoms with van der Waals surface area (Å²) < 4.78 is 0. The summed E-state index contributed by atoms with van der Waals surface area (Å²) in [5.41, 5.74) is 7.01. The summed E-state index contributed by atoms with van der Waals surface area (Å²) in [4.78, 5) is 19.2. The van der Waals surface area contributed by atoms with Gasteiger partial charge >= 0.3 is 0 Å². The molecule has 3 N–H and O–H groups in total. The number of halogens is 4. The molecule has 1 aliphatic rings. The quantitative estimate of drug-likeness (QED) is 0.701. The largest absolute Gasteiger partial charge is 0.340 e. The molecule has 1 saturated heterocycles. The topological polar surface area (TPSA) is 71.2 Å². The van der Waals surface area contributed by atoms with Gasteiger partial charge in [0.15, 0.2) is 0 Å². The molecule has 2 atom stereocenters. The third-order valence-electron chi connectivity index (χ3n) is 4.48. The molecular formula is C18H22Cl4N4O. The Kier molecular flexibility index (Phi) is 9.12. The molecule has 2 heterocycles. The molecule has 2 aromatic rings. The maximum Gasteiger partial charge on any atom is 0.257 e. The van der Waals surface area contributed by atoms with E-state index in [2.05, 4.69) is 17.2 Å². The SMILES string of the molecule is CC1CC(CN)CN1C(=O)c1cccnc1Nc1ccc(Cl)c(Cl)c1.Cl.Cl. The van der Waals surface area contributed by atoms with Crippen molar-refractivity contribution >= 4 is 65.4 Å². The Morgan fingerprint density at radius 2 is 2.04 bits per heavy atom. The molecule has 1 amide bonds. The van der Waals surface area contributed by atoms with Gasteiger partial charge in [0.25, 0.3) is 5.91 Å². The van der Waals surface area contributed by atoms with Gasteiger partial charge in [0, 0.05) is 24.5 Å². The van der Waals surface area contributed by atoms with Crippen LogP contribution in [0.4, 0.5) is 11.5 Å². The molecule has 1 aromatic carbocycles. The molecule has 0 bridgehead atoms. The van der Waals surface area contributed by atoms with Gasteiger partial charge in [-0.2, -0.15) is 0 Å². The number of amides is 1. The molecule has 0 radical (unpaired) electrons. The van der Waals surface area contributed by atoms with Crippen LogP contribution in [-0.4, -0.2) is 34.9 Å². The van der Waals surface area contributed by atoms with E-state index in [1.165, 1.54) is 0 Å². The molecule has 148 valence electrons. The van der Waals surface area contributed by atoms with E-state index in [0.717, 1.165) is 12.1 Å². The lowest BCUT2D eigenvalue weighted by Gasteiger charge is -2.22. The lowest BCUT2D eigenvalue weighted by Crippen LogP contribution is -2.34. The molecule has 27 heavy (non-hydrogen) atoms. The Hall–Kier alpha value is -1.24. The van der Waals surface area contributed by atoms with Crippen LogP contribution in [-0.2, 0) is 0 Å². The van der Waals surface area contributed by atoms with Gasteiger partial charge in [-0.05, 0) is 56.1 Å². The van der Waals surface area contributed by atoms with Crippen molar-refractivity contribution in [2.24, 2.45) is 11.7 Å². The van der Waals surface area contributed by atoms with Crippen molar-refractivity contribution in [3.05, 3.63) is 52.1 Å². The molecule has 2 unspecified atom stereocenters. The molecule has 1 fully saturated rings. The standard InChI is InChI=1S/C18H20Cl2N4O.2ClH/c1-11-7-12(9-21)10-24(11)18(25)14-3-2-6-22-17(14)23-13-4-5-15(19)16(20)8-13;;/h2-6,8,11-12H,7,9-10,21H2,1H3,(H,22,23);2*1H. The van der Waals surface area contributed by atoms with Gasteiger partial charge in [0.1, 0.15) is 5.82 Å². The summed E-state index contributed by atoms with van der Waals surface area (Å²) in [7, 11) is 0. The summed E-state index contributed by atoms with van der Waals surface area (Å²) >= 11 is 12.0. The third kappa shape index (κ3) is 5.39. The Bertz CT molecular complexity index is 790. The van der Waals surface area contributed by atoms with E-state index in [0.29, 0.717) is 40.4 Å². The number of likely N-dealkylation sites (tertiary alicyclic amines) is 1. The van der Waals surface area contributed by atoms with Crippen molar-refractivity contribution in [3.63, 3.8) is 0 Å². The highest BCUT2D eigenvalue weighted by molar-refractivity contribution is 6.42. The van der Waals surface area contributed by atoms with E-state index in [-0.39, 0.29) is 36.8 Å². The van der Waals surface area contributed by atoms with E-state index >= 15 is 0 Å². The molecular weight excluding hydrogens is 430 g/mol. The molecule has 5 nitrogen and oxygen atoms in total. The van der Waals surface area contributed by atoms with E-state index in [1.807, 2.05) is 4.90 Å². The number of carbonyl (C=O) groups excluding carboxylic acids is 1. The first-order chi connectivity index (χ1) is 12.0. The van der Waals surface area contributed by atoms with Crippen LogP contribution in [0.2, 0.25) is 10.0 Å². The average Bonchev–Trinajstić information content (AvgIpc) is 2.99. The van der Waals surface area contributed by atoms with Gasteiger partial charge in [-0.15, -0.1) is 24.8 Å². The maximum atomic E-state index is 13.0. The van der Waals surface area contributed by atoms with Crippen LogP contribution in [0.3, 0.4) is 0 Å². The lowest BCUT2D eigenvalue weighted by atomic mass is 10.1. The first-order valence-corrected chi connectivity index (χ1v) is 8.93.